The van der Waals surface area contributed by atoms with Gasteiger partial charge < -0.3 is 10.1 Å². The van der Waals surface area contributed by atoms with E-state index in [0.29, 0.717) is 28.7 Å². The van der Waals surface area contributed by atoms with Gasteiger partial charge in [0.1, 0.15) is 17.3 Å². The molecule has 0 unspecified atom stereocenters. The SMILES string of the molecule is CC(=O)Nc1ccc2ccc(Cl)nc2c1OCc1ccccc1. The number of carbonyl (C=O) groups excluding carboxylic acids is 1. The number of fused-ring (bicyclic) bond motifs is 1. The smallest absolute Gasteiger partial charge is 0.221 e. The van der Waals surface area contributed by atoms with Crippen molar-refractivity contribution in [2.24, 2.45) is 0 Å². The Labute approximate surface area is 139 Å². The van der Waals surface area contributed by atoms with Crippen LogP contribution >= 0.6 is 11.6 Å². The highest BCUT2D eigenvalue weighted by atomic mass is 35.5. The van der Waals surface area contributed by atoms with Gasteiger partial charge in [-0.3, -0.25) is 4.79 Å². The molecular weight excluding hydrogens is 312 g/mol. The summed E-state index contributed by atoms with van der Waals surface area (Å²) in [4.78, 5) is 15.8. The topological polar surface area (TPSA) is 51.2 Å². The maximum atomic E-state index is 11.4. The first-order valence-corrected chi connectivity index (χ1v) is 7.55. The highest BCUT2D eigenvalue weighted by Crippen LogP contribution is 2.34. The van der Waals surface area contributed by atoms with Crippen LogP contribution in [-0.4, -0.2) is 10.9 Å². The number of aromatic nitrogens is 1. The number of nitrogens with zero attached hydrogens (tertiary/aromatic N) is 1. The zero-order valence-electron chi connectivity index (χ0n) is 12.5. The third-order valence-corrected chi connectivity index (χ3v) is 3.53. The zero-order chi connectivity index (χ0) is 16.2. The van der Waals surface area contributed by atoms with Crippen molar-refractivity contribution >= 4 is 34.1 Å². The third-order valence-electron chi connectivity index (χ3n) is 3.32. The van der Waals surface area contributed by atoms with Gasteiger partial charge in [0.25, 0.3) is 0 Å². The first kappa shape index (κ1) is 15.3. The highest BCUT2D eigenvalue weighted by Gasteiger charge is 2.12. The number of hydrogen-bond acceptors (Lipinski definition) is 3. The molecule has 2 aromatic carbocycles. The molecule has 0 radical (unpaired) electrons. The molecule has 0 fully saturated rings. The van der Waals surface area contributed by atoms with E-state index in [0.717, 1.165) is 10.9 Å². The molecule has 3 aromatic rings. The third kappa shape index (κ3) is 3.60. The Balaban J connectivity index is 2.02. The van der Waals surface area contributed by atoms with Crippen molar-refractivity contribution in [3.8, 4) is 5.75 Å². The maximum Gasteiger partial charge on any atom is 0.221 e. The van der Waals surface area contributed by atoms with Crippen LogP contribution in [0.25, 0.3) is 10.9 Å². The number of ether oxygens (including phenoxy) is 1. The Hall–Kier alpha value is -2.59. The minimum Gasteiger partial charge on any atom is -0.484 e. The van der Waals surface area contributed by atoms with E-state index in [9.17, 15) is 4.79 Å². The van der Waals surface area contributed by atoms with Crippen LogP contribution in [0.1, 0.15) is 12.5 Å². The molecular formula is C18H15ClN2O2. The van der Waals surface area contributed by atoms with Crippen molar-refractivity contribution in [3.05, 3.63) is 65.3 Å². The number of pyridine rings is 1. The fourth-order valence-electron chi connectivity index (χ4n) is 2.30. The number of hydrogen-bond donors (Lipinski definition) is 1. The van der Waals surface area contributed by atoms with Crippen molar-refractivity contribution in [2.75, 3.05) is 5.32 Å². The largest absolute Gasteiger partial charge is 0.484 e. The summed E-state index contributed by atoms with van der Waals surface area (Å²) < 4.78 is 5.96. The summed E-state index contributed by atoms with van der Waals surface area (Å²) in [5.41, 5.74) is 2.23. The average molecular weight is 327 g/mol. The van der Waals surface area contributed by atoms with Crippen LogP contribution in [0.3, 0.4) is 0 Å². The van der Waals surface area contributed by atoms with Gasteiger partial charge in [0, 0.05) is 12.3 Å². The quantitative estimate of drug-likeness (QED) is 0.722. The molecule has 3 rings (SSSR count). The predicted molar refractivity (Wildman–Crippen MR) is 91.8 cm³/mol. The molecule has 0 saturated carbocycles. The number of amides is 1. The van der Waals surface area contributed by atoms with Gasteiger partial charge in [-0.2, -0.15) is 0 Å². The number of carbonyl (C=O) groups is 1. The number of nitrogens with one attached hydrogen (secondary N) is 1. The Bertz CT molecular complexity index is 850. The molecule has 116 valence electrons. The molecule has 0 aliphatic heterocycles. The van der Waals surface area contributed by atoms with Crippen LogP contribution in [0.4, 0.5) is 5.69 Å². The minimum absolute atomic E-state index is 0.170. The molecule has 1 N–H and O–H groups in total. The van der Waals surface area contributed by atoms with Crippen molar-refractivity contribution in [1.29, 1.82) is 0 Å². The summed E-state index contributed by atoms with van der Waals surface area (Å²) in [6, 6.07) is 17.1. The number of halogens is 1. The van der Waals surface area contributed by atoms with Crippen molar-refractivity contribution in [2.45, 2.75) is 13.5 Å². The number of benzene rings is 2. The Morgan fingerprint density at radius 2 is 1.87 bits per heavy atom. The van der Waals surface area contributed by atoms with Crippen molar-refractivity contribution in [1.82, 2.24) is 4.98 Å². The van der Waals surface area contributed by atoms with E-state index in [4.69, 9.17) is 16.3 Å². The van der Waals surface area contributed by atoms with E-state index < -0.39 is 0 Å². The van der Waals surface area contributed by atoms with Crippen LogP contribution in [0.2, 0.25) is 5.15 Å². The van der Waals surface area contributed by atoms with Gasteiger partial charge in [-0.15, -0.1) is 0 Å². The van der Waals surface area contributed by atoms with Crippen LogP contribution in [0, 0.1) is 0 Å². The van der Waals surface area contributed by atoms with Crippen molar-refractivity contribution < 1.29 is 9.53 Å². The standard InChI is InChI=1S/C18H15ClN2O2/c1-12(22)20-15-9-7-14-8-10-16(19)21-17(14)18(15)23-11-13-5-3-2-4-6-13/h2-10H,11H2,1H3,(H,20,22). The molecule has 1 aromatic heterocycles. The van der Waals surface area contributed by atoms with Gasteiger partial charge in [-0.25, -0.2) is 4.98 Å². The second kappa shape index (κ2) is 6.67. The summed E-state index contributed by atoms with van der Waals surface area (Å²) in [5, 5.41) is 4.05. The number of anilines is 1. The van der Waals surface area contributed by atoms with E-state index in [1.807, 2.05) is 42.5 Å². The molecule has 1 heterocycles. The molecule has 4 nitrogen and oxygen atoms in total. The van der Waals surface area contributed by atoms with Gasteiger partial charge >= 0.3 is 0 Å². The summed E-state index contributed by atoms with van der Waals surface area (Å²) in [5.74, 6) is 0.347. The summed E-state index contributed by atoms with van der Waals surface area (Å²) in [7, 11) is 0. The van der Waals surface area contributed by atoms with Gasteiger partial charge in [0.15, 0.2) is 5.75 Å². The maximum absolute atomic E-state index is 11.4. The molecule has 0 aliphatic rings. The molecule has 0 bridgehead atoms. The van der Waals surface area contributed by atoms with Crippen LogP contribution in [-0.2, 0) is 11.4 Å². The Morgan fingerprint density at radius 3 is 2.61 bits per heavy atom. The van der Waals surface area contributed by atoms with E-state index in [1.165, 1.54) is 6.92 Å². The van der Waals surface area contributed by atoms with E-state index in [-0.39, 0.29) is 5.91 Å². The summed E-state index contributed by atoms with van der Waals surface area (Å²) >= 11 is 6.01. The second-order valence-corrected chi connectivity index (χ2v) is 5.49. The Morgan fingerprint density at radius 1 is 1.13 bits per heavy atom. The fourth-order valence-corrected chi connectivity index (χ4v) is 2.45. The van der Waals surface area contributed by atoms with E-state index >= 15 is 0 Å². The van der Waals surface area contributed by atoms with Crippen LogP contribution in [0.5, 0.6) is 5.75 Å². The highest BCUT2D eigenvalue weighted by molar-refractivity contribution is 6.29. The normalized spacial score (nSPS) is 10.5. The van der Waals surface area contributed by atoms with Crippen LogP contribution in [0.15, 0.2) is 54.6 Å². The van der Waals surface area contributed by atoms with Gasteiger partial charge in [0.05, 0.1) is 5.69 Å². The summed E-state index contributed by atoms with van der Waals surface area (Å²) in [6.45, 7) is 1.83. The van der Waals surface area contributed by atoms with Crippen LogP contribution < -0.4 is 10.1 Å². The first-order valence-electron chi connectivity index (χ1n) is 7.17. The average Bonchev–Trinajstić information content (AvgIpc) is 2.54. The zero-order valence-corrected chi connectivity index (χ0v) is 13.3. The van der Waals surface area contributed by atoms with Gasteiger partial charge in [-0.05, 0) is 23.8 Å². The van der Waals surface area contributed by atoms with E-state index in [2.05, 4.69) is 10.3 Å². The van der Waals surface area contributed by atoms with Gasteiger partial charge in [-0.1, -0.05) is 48.0 Å². The first-order chi connectivity index (χ1) is 11.1. The predicted octanol–water partition coefficient (Wildman–Crippen LogP) is 4.43. The molecule has 0 saturated heterocycles. The lowest BCUT2D eigenvalue weighted by molar-refractivity contribution is -0.114. The number of rotatable bonds is 4. The lowest BCUT2D eigenvalue weighted by Crippen LogP contribution is -2.08. The lowest BCUT2D eigenvalue weighted by atomic mass is 10.1. The Kier molecular flexibility index (Phi) is 4.44. The second-order valence-electron chi connectivity index (χ2n) is 5.10. The molecule has 0 aliphatic carbocycles. The van der Waals surface area contributed by atoms with Crippen molar-refractivity contribution in [3.63, 3.8) is 0 Å². The molecule has 0 atom stereocenters. The molecule has 23 heavy (non-hydrogen) atoms. The monoisotopic (exact) mass is 326 g/mol. The van der Waals surface area contributed by atoms with Gasteiger partial charge in [0.2, 0.25) is 5.91 Å². The van der Waals surface area contributed by atoms with E-state index in [1.54, 1.807) is 12.1 Å². The molecule has 1 amide bonds. The molecule has 5 heteroatoms. The summed E-state index contributed by atoms with van der Waals surface area (Å²) in [6.07, 6.45) is 0. The fraction of sp³-hybridized carbons (Fsp3) is 0.111. The minimum atomic E-state index is -0.170. The molecule has 0 spiro atoms. The lowest BCUT2D eigenvalue weighted by Gasteiger charge is -2.14.